The molecule has 0 aliphatic heterocycles. The number of ether oxygens (including phenoxy) is 2. The highest BCUT2D eigenvalue weighted by Gasteiger charge is 2.09. The van der Waals surface area contributed by atoms with Crippen molar-refractivity contribution in [3.63, 3.8) is 0 Å². The Balaban J connectivity index is 2.38. The van der Waals surface area contributed by atoms with E-state index in [1.165, 1.54) is 5.56 Å². The first-order valence-corrected chi connectivity index (χ1v) is 7.45. The molecule has 1 rings (SSSR count). The number of alkyl halides is 1. The summed E-state index contributed by atoms with van der Waals surface area (Å²) in [6.07, 6.45) is 1.99. The molecule has 108 valence electrons. The zero-order chi connectivity index (χ0) is 14.1. The van der Waals surface area contributed by atoms with Crippen LogP contribution in [0, 0.1) is 11.8 Å². The average Bonchev–Trinajstić information content (AvgIpc) is 2.42. The molecule has 0 heterocycles. The van der Waals surface area contributed by atoms with Crippen LogP contribution in [0.2, 0.25) is 0 Å². The van der Waals surface area contributed by atoms with E-state index in [9.17, 15) is 0 Å². The van der Waals surface area contributed by atoms with Gasteiger partial charge < -0.3 is 9.47 Å². The van der Waals surface area contributed by atoms with E-state index in [2.05, 4.69) is 26.0 Å². The van der Waals surface area contributed by atoms with E-state index in [1.807, 2.05) is 12.1 Å². The molecule has 0 saturated heterocycles. The van der Waals surface area contributed by atoms with Gasteiger partial charge in [0.1, 0.15) is 5.75 Å². The van der Waals surface area contributed by atoms with Gasteiger partial charge in [0.2, 0.25) is 0 Å². The van der Waals surface area contributed by atoms with Gasteiger partial charge in [0.15, 0.2) is 0 Å². The van der Waals surface area contributed by atoms with E-state index in [0.29, 0.717) is 17.7 Å². The molecular formula is C16H25ClO2. The van der Waals surface area contributed by atoms with Crippen molar-refractivity contribution in [2.45, 2.75) is 26.7 Å². The summed E-state index contributed by atoms with van der Waals surface area (Å²) in [5, 5.41) is 0. The van der Waals surface area contributed by atoms with Crippen LogP contribution >= 0.6 is 11.6 Å². The molecule has 1 aromatic rings. The van der Waals surface area contributed by atoms with Gasteiger partial charge in [-0.2, -0.15) is 0 Å². The Bertz CT molecular complexity index is 352. The Kier molecular flexibility index (Phi) is 7.92. The van der Waals surface area contributed by atoms with Gasteiger partial charge in [-0.05, 0) is 42.4 Å². The number of halogens is 1. The standard InChI is InChI=1S/C16H25ClO2/c1-13(2)12-19-8-7-15(11-17)9-14-5-4-6-16(10-14)18-3/h4-6,10,13,15H,7-9,11-12H2,1-3H3. The van der Waals surface area contributed by atoms with Crippen LogP contribution in [0.1, 0.15) is 25.8 Å². The fourth-order valence-electron chi connectivity index (χ4n) is 1.94. The van der Waals surface area contributed by atoms with Crippen molar-refractivity contribution in [1.29, 1.82) is 0 Å². The summed E-state index contributed by atoms with van der Waals surface area (Å²) in [6.45, 7) is 5.94. The van der Waals surface area contributed by atoms with Crippen molar-refractivity contribution in [3.8, 4) is 5.75 Å². The van der Waals surface area contributed by atoms with Crippen molar-refractivity contribution in [2.75, 3.05) is 26.2 Å². The summed E-state index contributed by atoms with van der Waals surface area (Å²) in [5.41, 5.74) is 1.27. The molecule has 0 aliphatic rings. The van der Waals surface area contributed by atoms with E-state index < -0.39 is 0 Å². The number of methoxy groups -OCH3 is 1. The fourth-order valence-corrected chi connectivity index (χ4v) is 2.20. The number of benzene rings is 1. The fraction of sp³-hybridized carbons (Fsp3) is 0.625. The van der Waals surface area contributed by atoms with Gasteiger partial charge in [0.05, 0.1) is 7.11 Å². The van der Waals surface area contributed by atoms with Gasteiger partial charge in [0.25, 0.3) is 0 Å². The Morgan fingerprint density at radius 3 is 2.68 bits per heavy atom. The van der Waals surface area contributed by atoms with Crippen LogP contribution in [0.15, 0.2) is 24.3 Å². The second-order valence-corrected chi connectivity index (χ2v) is 5.64. The molecule has 0 saturated carbocycles. The zero-order valence-electron chi connectivity index (χ0n) is 12.2. The molecule has 0 bridgehead atoms. The Labute approximate surface area is 122 Å². The lowest BCUT2D eigenvalue weighted by Crippen LogP contribution is -2.12. The Hall–Kier alpha value is -0.730. The summed E-state index contributed by atoms with van der Waals surface area (Å²) in [6, 6.07) is 8.19. The lowest BCUT2D eigenvalue weighted by molar-refractivity contribution is 0.0996. The molecule has 3 heteroatoms. The maximum atomic E-state index is 6.05. The summed E-state index contributed by atoms with van der Waals surface area (Å²) < 4.78 is 10.9. The molecule has 0 radical (unpaired) electrons. The normalized spacial score (nSPS) is 12.7. The summed E-state index contributed by atoms with van der Waals surface area (Å²) >= 11 is 6.05. The van der Waals surface area contributed by atoms with E-state index in [4.69, 9.17) is 21.1 Å². The third kappa shape index (κ3) is 6.84. The predicted molar refractivity (Wildman–Crippen MR) is 81.2 cm³/mol. The van der Waals surface area contributed by atoms with E-state index in [-0.39, 0.29) is 0 Å². The molecular weight excluding hydrogens is 260 g/mol. The summed E-state index contributed by atoms with van der Waals surface area (Å²) in [4.78, 5) is 0. The van der Waals surface area contributed by atoms with Crippen LogP contribution in [0.5, 0.6) is 5.75 Å². The number of rotatable bonds is 9. The van der Waals surface area contributed by atoms with Gasteiger partial charge in [-0.1, -0.05) is 26.0 Å². The van der Waals surface area contributed by atoms with Crippen LogP contribution in [-0.2, 0) is 11.2 Å². The van der Waals surface area contributed by atoms with E-state index in [0.717, 1.165) is 31.8 Å². The summed E-state index contributed by atoms with van der Waals surface area (Å²) in [5.74, 6) is 2.62. The van der Waals surface area contributed by atoms with Gasteiger partial charge in [0, 0.05) is 19.1 Å². The third-order valence-corrected chi connectivity index (χ3v) is 3.43. The highest BCUT2D eigenvalue weighted by Crippen LogP contribution is 2.18. The lowest BCUT2D eigenvalue weighted by atomic mass is 9.98. The first kappa shape index (κ1) is 16.3. The maximum Gasteiger partial charge on any atom is 0.119 e. The van der Waals surface area contributed by atoms with Gasteiger partial charge in [-0.25, -0.2) is 0 Å². The topological polar surface area (TPSA) is 18.5 Å². The monoisotopic (exact) mass is 284 g/mol. The highest BCUT2D eigenvalue weighted by atomic mass is 35.5. The molecule has 0 aliphatic carbocycles. The minimum absolute atomic E-state index is 0.459. The first-order chi connectivity index (χ1) is 9.15. The highest BCUT2D eigenvalue weighted by molar-refractivity contribution is 6.18. The van der Waals surface area contributed by atoms with Crippen molar-refractivity contribution >= 4 is 11.6 Å². The summed E-state index contributed by atoms with van der Waals surface area (Å²) in [7, 11) is 1.69. The van der Waals surface area contributed by atoms with Crippen LogP contribution in [0.25, 0.3) is 0 Å². The van der Waals surface area contributed by atoms with Crippen molar-refractivity contribution in [3.05, 3.63) is 29.8 Å². The first-order valence-electron chi connectivity index (χ1n) is 6.92. The Morgan fingerprint density at radius 2 is 2.05 bits per heavy atom. The maximum absolute atomic E-state index is 6.05. The number of hydrogen-bond acceptors (Lipinski definition) is 2. The van der Waals surface area contributed by atoms with Gasteiger partial charge in [-0.15, -0.1) is 11.6 Å². The Morgan fingerprint density at radius 1 is 1.26 bits per heavy atom. The smallest absolute Gasteiger partial charge is 0.119 e. The average molecular weight is 285 g/mol. The van der Waals surface area contributed by atoms with E-state index in [1.54, 1.807) is 7.11 Å². The largest absolute Gasteiger partial charge is 0.497 e. The predicted octanol–water partition coefficient (Wildman–Crippen LogP) is 4.16. The number of hydrogen-bond donors (Lipinski definition) is 0. The van der Waals surface area contributed by atoms with Crippen LogP contribution in [0.4, 0.5) is 0 Å². The molecule has 0 amide bonds. The quantitative estimate of drug-likeness (QED) is 0.501. The molecule has 1 aromatic carbocycles. The van der Waals surface area contributed by atoms with Gasteiger partial charge >= 0.3 is 0 Å². The zero-order valence-corrected chi connectivity index (χ0v) is 13.0. The molecule has 19 heavy (non-hydrogen) atoms. The minimum Gasteiger partial charge on any atom is -0.497 e. The second kappa shape index (κ2) is 9.22. The van der Waals surface area contributed by atoms with Crippen molar-refractivity contribution in [2.24, 2.45) is 11.8 Å². The molecule has 1 atom stereocenters. The molecule has 2 nitrogen and oxygen atoms in total. The van der Waals surface area contributed by atoms with Gasteiger partial charge in [-0.3, -0.25) is 0 Å². The molecule has 0 fully saturated rings. The molecule has 0 aromatic heterocycles. The van der Waals surface area contributed by atoms with Crippen LogP contribution < -0.4 is 4.74 Å². The molecule has 1 unspecified atom stereocenters. The van der Waals surface area contributed by atoms with Crippen molar-refractivity contribution < 1.29 is 9.47 Å². The molecule has 0 N–H and O–H groups in total. The van der Waals surface area contributed by atoms with Crippen molar-refractivity contribution in [1.82, 2.24) is 0 Å². The van der Waals surface area contributed by atoms with Crippen LogP contribution in [-0.4, -0.2) is 26.2 Å². The second-order valence-electron chi connectivity index (χ2n) is 5.33. The minimum atomic E-state index is 0.459. The SMILES string of the molecule is COc1cccc(CC(CCl)CCOCC(C)C)c1. The third-order valence-electron chi connectivity index (χ3n) is 3.00. The molecule has 0 spiro atoms. The van der Waals surface area contributed by atoms with E-state index >= 15 is 0 Å². The van der Waals surface area contributed by atoms with Crippen LogP contribution in [0.3, 0.4) is 0 Å². The lowest BCUT2D eigenvalue weighted by Gasteiger charge is -2.15.